The Hall–Kier alpha value is -2.04. The molecule has 0 fully saturated rings. The van der Waals surface area contributed by atoms with Crippen LogP contribution in [0.2, 0.25) is 0 Å². The fourth-order valence-corrected chi connectivity index (χ4v) is 2.03. The van der Waals surface area contributed by atoms with Crippen molar-refractivity contribution in [3.8, 4) is 0 Å². The first-order valence-electron chi connectivity index (χ1n) is 6.20. The molecule has 0 aliphatic rings. The Morgan fingerprint density at radius 3 is 2.68 bits per heavy atom. The predicted octanol–water partition coefficient (Wildman–Crippen LogP) is 2.23. The van der Waals surface area contributed by atoms with E-state index in [1.807, 2.05) is 20.0 Å². The highest BCUT2D eigenvalue weighted by atomic mass is 16.4. The number of anilines is 1. The molecule has 0 aliphatic carbocycles. The molecule has 0 atom stereocenters. The van der Waals surface area contributed by atoms with Crippen molar-refractivity contribution >= 4 is 17.9 Å². The lowest BCUT2D eigenvalue weighted by Crippen LogP contribution is -2.33. The number of aliphatic carboxylic acids is 1. The molecule has 1 aromatic rings. The van der Waals surface area contributed by atoms with Gasteiger partial charge in [0.25, 0.3) is 0 Å². The van der Waals surface area contributed by atoms with Crippen LogP contribution in [0.4, 0.5) is 5.82 Å². The second-order valence-corrected chi connectivity index (χ2v) is 4.65. The Morgan fingerprint density at radius 2 is 2.21 bits per heavy atom. The Morgan fingerprint density at radius 1 is 1.58 bits per heavy atom. The van der Waals surface area contributed by atoms with Gasteiger partial charge in [-0.2, -0.15) is 5.10 Å². The first-order valence-corrected chi connectivity index (χ1v) is 6.20. The number of carboxylic acid groups (broad SMARTS) is 1. The maximum absolute atomic E-state index is 10.7. The second kappa shape index (κ2) is 6.22. The van der Waals surface area contributed by atoms with E-state index in [0.29, 0.717) is 6.54 Å². The Bertz CT molecular complexity index is 501. The molecule has 0 radical (unpaired) electrons. The summed E-state index contributed by atoms with van der Waals surface area (Å²) in [4.78, 5) is 12.8. The monoisotopic (exact) mass is 263 g/mol. The molecule has 0 aromatic carbocycles. The van der Waals surface area contributed by atoms with Crippen molar-refractivity contribution in [3.63, 3.8) is 0 Å². The third-order valence-corrected chi connectivity index (χ3v) is 2.85. The summed E-state index contributed by atoms with van der Waals surface area (Å²) in [6.07, 6.45) is 4.56. The van der Waals surface area contributed by atoms with Crippen molar-refractivity contribution in [2.24, 2.45) is 7.05 Å². The van der Waals surface area contributed by atoms with Gasteiger partial charge in [0.15, 0.2) is 0 Å². The molecule has 0 amide bonds. The molecular weight excluding hydrogens is 242 g/mol. The number of aromatic nitrogens is 2. The van der Waals surface area contributed by atoms with Crippen LogP contribution in [0.25, 0.3) is 6.08 Å². The number of aryl methyl sites for hydroxylation is 2. The van der Waals surface area contributed by atoms with Crippen molar-refractivity contribution in [2.75, 3.05) is 11.4 Å². The van der Waals surface area contributed by atoms with E-state index >= 15 is 0 Å². The van der Waals surface area contributed by atoms with Crippen LogP contribution in [0, 0.1) is 6.92 Å². The van der Waals surface area contributed by atoms with Gasteiger partial charge in [0.05, 0.1) is 5.69 Å². The normalized spacial score (nSPS) is 11.2. The molecule has 0 saturated carbocycles. The van der Waals surface area contributed by atoms with Gasteiger partial charge in [0, 0.05) is 31.3 Å². The number of carbonyl (C=O) groups is 1. The minimum absolute atomic E-state index is 0.268. The molecule has 1 N–H and O–H groups in total. The van der Waals surface area contributed by atoms with Crippen molar-refractivity contribution in [2.45, 2.75) is 26.8 Å². The van der Waals surface area contributed by atoms with Crippen LogP contribution in [-0.2, 0) is 11.8 Å². The van der Waals surface area contributed by atoms with E-state index < -0.39 is 5.97 Å². The van der Waals surface area contributed by atoms with Crippen molar-refractivity contribution in [3.05, 3.63) is 30.0 Å². The smallest absolute Gasteiger partial charge is 0.328 e. The van der Waals surface area contributed by atoms with Crippen LogP contribution < -0.4 is 4.90 Å². The fraction of sp³-hybridized carbons (Fsp3) is 0.429. The van der Waals surface area contributed by atoms with E-state index in [-0.39, 0.29) is 6.04 Å². The van der Waals surface area contributed by atoms with Gasteiger partial charge in [-0.3, -0.25) is 4.68 Å². The topological polar surface area (TPSA) is 58.4 Å². The summed E-state index contributed by atoms with van der Waals surface area (Å²) in [5, 5.41) is 13.1. The lowest BCUT2D eigenvalue weighted by Gasteiger charge is -2.28. The van der Waals surface area contributed by atoms with Gasteiger partial charge in [-0.25, -0.2) is 4.79 Å². The largest absolute Gasteiger partial charge is 0.478 e. The van der Waals surface area contributed by atoms with Gasteiger partial charge >= 0.3 is 5.97 Å². The second-order valence-electron chi connectivity index (χ2n) is 4.65. The van der Waals surface area contributed by atoms with Gasteiger partial charge in [-0.1, -0.05) is 6.08 Å². The molecule has 0 aliphatic heterocycles. The molecule has 0 saturated heterocycles. The van der Waals surface area contributed by atoms with Crippen molar-refractivity contribution in [1.29, 1.82) is 0 Å². The maximum Gasteiger partial charge on any atom is 0.328 e. The highest BCUT2D eigenvalue weighted by Gasteiger charge is 2.19. The first kappa shape index (κ1) is 15.0. The molecule has 0 bridgehead atoms. The summed E-state index contributed by atoms with van der Waals surface area (Å²) in [6.45, 7) is 10.5. The lowest BCUT2D eigenvalue weighted by molar-refractivity contribution is -0.131. The number of rotatable bonds is 6. The molecule has 104 valence electrons. The molecule has 0 unspecified atom stereocenters. The highest BCUT2D eigenvalue weighted by molar-refractivity contribution is 5.87. The summed E-state index contributed by atoms with van der Waals surface area (Å²) in [7, 11) is 1.86. The number of carboxylic acids is 1. The molecule has 1 heterocycles. The van der Waals surface area contributed by atoms with Gasteiger partial charge in [-0.15, -0.1) is 6.58 Å². The Kier molecular flexibility index (Phi) is 4.92. The quantitative estimate of drug-likeness (QED) is 0.631. The third-order valence-electron chi connectivity index (χ3n) is 2.85. The van der Waals surface area contributed by atoms with Crippen molar-refractivity contribution < 1.29 is 9.90 Å². The van der Waals surface area contributed by atoms with Crippen LogP contribution >= 0.6 is 0 Å². The van der Waals surface area contributed by atoms with Crippen LogP contribution in [0.5, 0.6) is 0 Å². The minimum Gasteiger partial charge on any atom is -0.478 e. The standard InChI is InChI=1S/C14H21N3O2/c1-6-9-17(10(2)3)14-12(7-8-13(18)19)11(4)15-16(14)5/h6-8,10H,1,9H2,2-5H3,(H,18,19)/b8-7+. The van der Waals surface area contributed by atoms with E-state index in [0.717, 1.165) is 23.2 Å². The summed E-state index contributed by atoms with van der Waals surface area (Å²) in [6, 6.07) is 0.268. The summed E-state index contributed by atoms with van der Waals surface area (Å²) >= 11 is 0. The van der Waals surface area contributed by atoms with E-state index in [1.165, 1.54) is 0 Å². The minimum atomic E-state index is -0.964. The van der Waals surface area contributed by atoms with E-state index in [9.17, 15) is 4.79 Å². The fourth-order valence-electron chi connectivity index (χ4n) is 2.03. The van der Waals surface area contributed by atoms with Crippen LogP contribution in [0.15, 0.2) is 18.7 Å². The van der Waals surface area contributed by atoms with Gasteiger partial charge in [-0.05, 0) is 26.8 Å². The van der Waals surface area contributed by atoms with Crippen molar-refractivity contribution in [1.82, 2.24) is 9.78 Å². The lowest BCUT2D eigenvalue weighted by atomic mass is 10.2. The van der Waals surface area contributed by atoms with Crippen LogP contribution in [0.1, 0.15) is 25.1 Å². The average molecular weight is 263 g/mol. The van der Waals surface area contributed by atoms with Crippen LogP contribution in [-0.4, -0.2) is 33.4 Å². The third kappa shape index (κ3) is 3.47. The molecule has 5 heteroatoms. The van der Waals surface area contributed by atoms with Gasteiger partial charge in [0.1, 0.15) is 5.82 Å². The highest BCUT2D eigenvalue weighted by Crippen LogP contribution is 2.26. The molecule has 1 rings (SSSR count). The summed E-state index contributed by atoms with van der Waals surface area (Å²) in [5.41, 5.74) is 1.64. The zero-order valence-electron chi connectivity index (χ0n) is 11.9. The molecule has 19 heavy (non-hydrogen) atoms. The Balaban J connectivity index is 3.31. The van der Waals surface area contributed by atoms with Crippen LogP contribution in [0.3, 0.4) is 0 Å². The van der Waals surface area contributed by atoms with Gasteiger partial charge in [0.2, 0.25) is 0 Å². The van der Waals surface area contributed by atoms with E-state index in [2.05, 4.69) is 30.4 Å². The number of hydrogen-bond acceptors (Lipinski definition) is 3. The number of nitrogens with zero attached hydrogens (tertiary/aromatic N) is 3. The molecule has 5 nitrogen and oxygen atoms in total. The first-order chi connectivity index (χ1) is 8.88. The molecule has 0 spiro atoms. The zero-order chi connectivity index (χ0) is 14.6. The number of hydrogen-bond donors (Lipinski definition) is 1. The molecule has 1 aromatic heterocycles. The summed E-state index contributed by atoms with van der Waals surface area (Å²) < 4.78 is 1.78. The maximum atomic E-state index is 10.7. The predicted molar refractivity (Wildman–Crippen MR) is 77.3 cm³/mol. The average Bonchev–Trinajstić information content (AvgIpc) is 2.57. The SMILES string of the molecule is C=CCN(c1c(/C=C/C(=O)O)c(C)nn1C)C(C)C. The Labute approximate surface area is 113 Å². The molecular formula is C14H21N3O2. The van der Waals surface area contributed by atoms with E-state index in [4.69, 9.17) is 5.11 Å². The van der Waals surface area contributed by atoms with Gasteiger partial charge < -0.3 is 10.0 Å². The zero-order valence-corrected chi connectivity index (χ0v) is 11.9. The van der Waals surface area contributed by atoms with E-state index in [1.54, 1.807) is 10.8 Å². The summed E-state index contributed by atoms with van der Waals surface area (Å²) in [5.74, 6) is -0.0566.